The fourth-order valence-corrected chi connectivity index (χ4v) is 3.45. The lowest BCUT2D eigenvalue weighted by Crippen LogP contribution is -2.46. The number of nitrogens with one attached hydrogen (secondary N) is 1. The Morgan fingerprint density at radius 1 is 0.931 bits per heavy atom. The first-order valence-electron chi connectivity index (χ1n) is 9.59. The first-order chi connectivity index (χ1) is 14.1. The summed E-state index contributed by atoms with van der Waals surface area (Å²) in [6.07, 6.45) is 0. The lowest BCUT2D eigenvalue weighted by Gasteiger charge is -2.36. The molecule has 0 unspecified atom stereocenters. The van der Waals surface area contributed by atoms with Gasteiger partial charge in [0, 0.05) is 43.6 Å². The fourth-order valence-electron chi connectivity index (χ4n) is 3.45. The Bertz CT molecular complexity index is 984. The first-order valence-corrected chi connectivity index (χ1v) is 9.59. The van der Waals surface area contributed by atoms with E-state index in [1.165, 1.54) is 5.69 Å². The van der Waals surface area contributed by atoms with Crippen LogP contribution in [0.25, 0.3) is 0 Å². The summed E-state index contributed by atoms with van der Waals surface area (Å²) in [6, 6.07) is 19.0. The molecule has 0 amide bonds. The number of carbonyl (C=O) groups is 1. The van der Waals surface area contributed by atoms with Gasteiger partial charge < -0.3 is 20.2 Å². The predicted molar refractivity (Wildman–Crippen MR) is 114 cm³/mol. The minimum Gasteiger partial charge on any atom is -0.478 e. The van der Waals surface area contributed by atoms with Gasteiger partial charge in [-0.1, -0.05) is 18.2 Å². The first kappa shape index (κ1) is 18.7. The van der Waals surface area contributed by atoms with Crippen molar-refractivity contribution < 1.29 is 9.90 Å². The Morgan fingerprint density at radius 3 is 2.24 bits per heavy atom. The number of aromatic carboxylic acids is 1. The van der Waals surface area contributed by atoms with Crippen LogP contribution < -0.4 is 15.1 Å². The molecule has 7 heteroatoms. The van der Waals surface area contributed by atoms with Crippen molar-refractivity contribution in [1.82, 2.24) is 9.97 Å². The Labute approximate surface area is 169 Å². The van der Waals surface area contributed by atoms with E-state index in [0.717, 1.165) is 37.7 Å². The third kappa shape index (κ3) is 4.45. The summed E-state index contributed by atoms with van der Waals surface area (Å²) in [5, 5.41) is 12.3. The van der Waals surface area contributed by atoms with Gasteiger partial charge in [-0.3, -0.25) is 0 Å². The van der Waals surface area contributed by atoms with Gasteiger partial charge in [-0.2, -0.15) is 0 Å². The van der Waals surface area contributed by atoms with E-state index < -0.39 is 5.97 Å². The van der Waals surface area contributed by atoms with Crippen LogP contribution in [0.15, 0.2) is 60.7 Å². The highest BCUT2D eigenvalue weighted by molar-refractivity contribution is 5.88. The molecule has 148 valence electrons. The van der Waals surface area contributed by atoms with E-state index in [4.69, 9.17) is 5.11 Å². The summed E-state index contributed by atoms with van der Waals surface area (Å²) in [6.45, 7) is 5.53. The second-order valence-electron chi connectivity index (χ2n) is 6.98. The van der Waals surface area contributed by atoms with Crippen LogP contribution in [0.2, 0.25) is 0 Å². The van der Waals surface area contributed by atoms with E-state index in [9.17, 15) is 4.79 Å². The largest absolute Gasteiger partial charge is 0.478 e. The molecule has 0 saturated carbocycles. The summed E-state index contributed by atoms with van der Waals surface area (Å²) in [5.74, 6) is 1.35. The Kier molecular flexibility index (Phi) is 5.29. The maximum absolute atomic E-state index is 11.0. The van der Waals surface area contributed by atoms with Crippen molar-refractivity contribution in [3.63, 3.8) is 0 Å². The quantitative estimate of drug-likeness (QED) is 0.690. The van der Waals surface area contributed by atoms with Crippen molar-refractivity contribution in [1.29, 1.82) is 0 Å². The number of piperazine rings is 1. The highest BCUT2D eigenvalue weighted by Gasteiger charge is 2.19. The predicted octanol–water partition coefficient (Wildman–Crippen LogP) is 3.55. The number of aromatic nitrogens is 2. The van der Waals surface area contributed by atoms with Gasteiger partial charge in [0.15, 0.2) is 0 Å². The van der Waals surface area contributed by atoms with Gasteiger partial charge in [0.2, 0.25) is 0 Å². The molecule has 0 aliphatic carbocycles. The molecule has 2 N–H and O–H groups in total. The number of benzene rings is 2. The molecular weight excluding hydrogens is 366 g/mol. The number of carboxylic acid groups (broad SMARTS) is 1. The molecule has 4 rings (SSSR count). The monoisotopic (exact) mass is 389 g/mol. The van der Waals surface area contributed by atoms with Crippen LogP contribution in [-0.2, 0) is 0 Å². The number of hydrogen-bond acceptors (Lipinski definition) is 6. The third-order valence-corrected chi connectivity index (χ3v) is 4.95. The molecule has 0 bridgehead atoms. The van der Waals surface area contributed by atoms with Crippen LogP contribution in [0.1, 0.15) is 16.2 Å². The SMILES string of the molecule is Cc1nc(Nc2ccc(C(=O)O)cc2)cc(N2CCN(c3ccccc3)CC2)n1. The summed E-state index contributed by atoms with van der Waals surface area (Å²) < 4.78 is 0. The third-order valence-electron chi connectivity index (χ3n) is 4.95. The van der Waals surface area contributed by atoms with E-state index in [1.54, 1.807) is 24.3 Å². The maximum Gasteiger partial charge on any atom is 0.335 e. The molecule has 0 radical (unpaired) electrons. The summed E-state index contributed by atoms with van der Waals surface area (Å²) in [4.78, 5) is 24.7. The van der Waals surface area contributed by atoms with E-state index in [-0.39, 0.29) is 5.56 Å². The van der Waals surface area contributed by atoms with Crippen molar-refractivity contribution in [3.05, 3.63) is 72.1 Å². The standard InChI is InChI=1S/C22H23N5O2/c1-16-23-20(25-18-9-7-17(8-10-18)22(28)29)15-21(24-16)27-13-11-26(12-14-27)19-5-3-2-4-6-19/h2-10,15H,11-14H2,1H3,(H,28,29)(H,23,24,25). The van der Waals surface area contributed by atoms with Gasteiger partial charge >= 0.3 is 5.97 Å². The number of anilines is 4. The van der Waals surface area contributed by atoms with Crippen LogP contribution in [0.5, 0.6) is 0 Å². The van der Waals surface area contributed by atoms with Gasteiger partial charge in [-0.05, 0) is 43.3 Å². The van der Waals surface area contributed by atoms with Crippen LogP contribution in [0.3, 0.4) is 0 Å². The molecule has 1 aromatic heterocycles. The molecule has 3 aromatic rings. The van der Waals surface area contributed by atoms with E-state index in [1.807, 2.05) is 19.1 Å². The summed E-state index contributed by atoms with van der Waals surface area (Å²) in [7, 11) is 0. The minimum atomic E-state index is -0.939. The summed E-state index contributed by atoms with van der Waals surface area (Å²) in [5.41, 5.74) is 2.29. The molecule has 0 atom stereocenters. The van der Waals surface area contributed by atoms with Crippen molar-refractivity contribution in [2.24, 2.45) is 0 Å². The molecule has 29 heavy (non-hydrogen) atoms. The second-order valence-corrected chi connectivity index (χ2v) is 6.98. The molecule has 1 fully saturated rings. The van der Waals surface area contributed by atoms with Crippen LogP contribution in [0.4, 0.5) is 23.0 Å². The van der Waals surface area contributed by atoms with E-state index >= 15 is 0 Å². The normalized spacial score (nSPS) is 14.0. The Morgan fingerprint density at radius 2 is 1.59 bits per heavy atom. The van der Waals surface area contributed by atoms with Crippen LogP contribution in [0, 0.1) is 6.92 Å². The molecule has 0 spiro atoms. The molecule has 1 saturated heterocycles. The zero-order valence-corrected chi connectivity index (χ0v) is 16.2. The van der Waals surface area contributed by atoms with E-state index in [2.05, 4.69) is 49.4 Å². The van der Waals surface area contributed by atoms with Crippen molar-refractivity contribution in [2.45, 2.75) is 6.92 Å². The Hall–Kier alpha value is -3.61. The number of para-hydroxylation sites is 1. The van der Waals surface area contributed by atoms with Gasteiger partial charge in [-0.25, -0.2) is 14.8 Å². The zero-order valence-electron chi connectivity index (χ0n) is 16.2. The van der Waals surface area contributed by atoms with E-state index in [0.29, 0.717) is 11.6 Å². The molecule has 2 heterocycles. The Balaban J connectivity index is 1.45. The van der Waals surface area contributed by atoms with Gasteiger partial charge in [0.1, 0.15) is 17.5 Å². The number of rotatable bonds is 5. The number of carboxylic acids is 1. The zero-order chi connectivity index (χ0) is 20.2. The molecule has 1 aliphatic rings. The van der Waals surface area contributed by atoms with Gasteiger partial charge in [-0.15, -0.1) is 0 Å². The lowest BCUT2D eigenvalue weighted by atomic mass is 10.2. The van der Waals surface area contributed by atoms with Gasteiger partial charge in [0.25, 0.3) is 0 Å². The highest BCUT2D eigenvalue weighted by Crippen LogP contribution is 2.23. The van der Waals surface area contributed by atoms with Gasteiger partial charge in [0.05, 0.1) is 5.56 Å². The average molecular weight is 389 g/mol. The second kappa shape index (κ2) is 8.18. The molecular formula is C22H23N5O2. The average Bonchev–Trinajstić information content (AvgIpc) is 2.74. The van der Waals surface area contributed by atoms with Crippen LogP contribution in [-0.4, -0.2) is 47.2 Å². The van der Waals surface area contributed by atoms with Crippen molar-refractivity contribution in [3.8, 4) is 0 Å². The minimum absolute atomic E-state index is 0.256. The number of hydrogen-bond donors (Lipinski definition) is 2. The summed E-state index contributed by atoms with van der Waals surface area (Å²) >= 11 is 0. The molecule has 2 aromatic carbocycles. The van der Waals surface area contributed by atoms with Crippen molar-refractivity contribution in [2.75, 3.05) is 41.3 Å². The topological polar surface area (TPSA) is 81.6 Å². The maximum atomic E-state index is 11.0. The number of nitrogens with zero attached hydrogens (tertiary/aromatic N) is 4. The van der Waals surface area contributed by atoms with Crippen molar-refractivity contribution >= 4 is 29.0 Å². The molecule has 1 aliphatic heterocycles. The smallest absolute Gasteiger partial charge is 0.335 e. The lowest BCUT2D eigenvalue weighted by molar-refractivity contribution is 0.0697. The number of aryl methyl sites for hydroxylation is 1. The molecule has 7 nitrogen and oxygen atoms in total. The van der Waals surface area contributed by atoms with Crippen LogP contribution >= 0.6 is 0 Å². The highest BCUT2D eigenvalue weighted by atomic mass is 16.4. The fraction of sp³-hybridized carbons (Fsp3) is 0.227.